The summed E-state index contributed by atoms with van der Waals surface area (Å²) in [6, 6.07) is 15.9. The third-order valence-corrected chi connectivity index (χ3v) is 4.09. The summed E-state index contributed by atoms with van der Waals surface area (Å²) in [5, 5.41) is 22.7. The summed E-state index contributed by atoms with van der Waals surface area (Å²) in [5.41, 5.74) is 0.153. The first kappa shape index (κ1) is 19.8. The first-order chi connectivity index (χ1) is 13.8. The predicted octanol–water partition coefficient (Wildman–Crippen LogP) is 4.99. The van der Waals surface area contributed by atoms with Gasteiger partial charge in [0.15, 0.2) is 0 Å². The summed E-state index contributed by atoms with van der Waals surface area (Å²) in [6.45, 7) is 0. The van der Waals surface area contributed by atoms with E-state index in [1.807, 2.05) is 0 Å². The number of carboxylic acid groups (broad SMARTS) is 1. The number of carboxylic acids is 1. The lowest BCUT2D eigenvalue weighted by Crippen LogP contribution is -2.16. The standard InChI is InChI=1S/C20H13ClN2O6/c21-12-1-10-17(20(25)26)18(11-12)19(24)22-13-2-6-15(7-3-13)29-16-8-4-14(5-9-16)23(27)28/h1-11H,(H,22,24)(H,25,26). The Bertz CT molecular complexity index is 1080. The molecule has 0 spiro atoms. The van der Waals surface area contributed by atoms with Crippen molar-refractivity contribution in [2.45, 2.75) is 0 Å². The quantitative estimate of drug-likeness (QED) is 0.434. The summed E-state index contributed by atoms with van der Waals surface area (Å²) in [4.78, 5) is 33.9. The number of carbonyl (C=O) groups excluding carboxylic acids is 1. The Morgan fingerprint density at radius 3 is 2.07 bits per heavy atom. The van der Waals surface area contributed by atoms with Crippen LogP contribution in [0.5, 0.6) is 11.5 Å². The minimum atomic E-state index is -1.24. The van der Waals surface area contributed by atoms with Crippen LogP contribution >= 0.6 is 11.6 Å². The Hall–Kier alpha value is -3.91. The largest absolute Gasteiger partial charge is 0.478 e. The van der Waals surface area contributed by atoms with E-state index in [1.165, 1.54) is 42.5 Å². The van der Waals surface area contributed by atoms with Crippen LogP contribution in [0.1, 0.15) is 20.7 Å². The number of non-ortho nitro benzene ring substituents is 1. The second-order valence-electron chi connectivity index (χ2n) is 5.83. The maximum atomic E-state index is 12.4. The van der Waals surface area contributed by atoms with Crippen molar-refractivity contribution in [3.05, 3.63) is 93.0 Å². The van der Waals surface area contributed by atoms with Crippen molar-refractivity contribution in [1.29, 1.82) is 0 Å². The van der Waals surface area contributed by atoms with Gasteiger partial charge in [0.1, 0.15) is 11.5 Å². The molecule has 146 valence electrons. The number of halogens is 1. The molecule has 0 aliphatic rings. The zero-order chi connectivity index (χ0) is 21.0. The molecule has 0 bridgehead atoms. The molecular weight excluding hydrogens is 400 g/mol. The van der Waals surface area contributed by atoms with E-state index in [9.17, 15) is 24.8 Å². The number of nitrogens with one attached hydrogen (secondary N) is 1. The number of amides is 1. The number of nitro groups is 1. The molecule has 9 heteroatoms. The molecule has 1 amide bonds. The van der Waals surface area contributed by atoms with Crippen molar-refractivity contribution in [2.24, 2.45) is 0 Å². The lowest BCUT2D eigenvalue weighted by Gasteiger charge is -2.10. The predicted molar refractivity (Wildman–Crippen MR) is 106 cm³/mol. The average molecular weight is 413 g/mol. The van der Waals surface area contributed by atoms with Crippen molar-refractivity contribution < 1.29 is 24.4 Å². The van der Waals surface area contributed by atoms with Crippen LogP contribution in [0, 0.1) is 10.1 Å². The van der Waals surface area contributed by atoms with E-state index in [-0.39, 0.29) is 21.8 Å². The van der Waals surface area contributed by atoms with Crippen LogP contribution in [-0.2, 0) is 0 Å². The molecule has 0 saturated carbocycles. The van der Waals surface area contributed by atoms with Gasteiger partial charge in [-0.05, 0) is 54.6 Å². The van der Waals surface area contributed by atoms with Gasteiger partial charge in [-0.2, -0.15) is 0 Å². The van der Waals surface area contributed by atoms with E-state index in [4.69, 9.17) is 16.3 Å². The van der Waals surface area contributed by atoms with E-state index in [2.05, 4.69) is 5.32 Å². The molecule has 0 saturated heterocycles. The van der Waals surface area contributed by atoms with Gasteiger partial charge in [0.25, 0.3) is 11.6 Å². The van der Waals surface area contributed by atoms with Gasteiger partial charge in [-0.25, -0.2) is 4.79 Å². The molecule has 0 aliphatic carbocycles. The summed E-state index contributed by atoms with van der Waals surface area (Å²) in [7, 11) is 0. The molecule has 0 fully saturated rings. The van der Waals surface area contributed by atoms with Crippen LogP contribution in [0.2, 0.25) is 5.02 Å². The van der Waals surface area contributed by atoms with Gasteiger partial charge in [0.05, 0.1) is 16.1 Å². The minimum absolute atomic E-state index is 0.0443. The number of hydrogen-bond donors (Lipinski definition) is 2. The number of nitro benzene ring substituents is 1. The van der Waals surface area contributed by atoms with E-state index in [0.717, 1.165) is 0 Å². The van der Waals surface area contributed by atoms with Gasteiger partial charge in [-0.15, -0.1) is 0 Å². The fraction of sp³-hybridized carbons (Fsp3) is 0. The lowest BCUT2D eigenvalue weighted by molar-refractivity contribution is -0.384. The summed E-state index contributed by atoms with van der Waals surface area (Å²) in [6.07, 6.45) is 0. The highest BCUT2D eigenvalue weighted by molar-refractivity contribution is 6.31. The number of rotatable bonds is 6. The first-order valence-corrected chi connectivity index (χ1v) is 8.58. The molecule has 0 heterocycles. The Balaban J connectivity index is 1.71. The molecule has 0 unspecified atom stereocenters. The maximum absolute atomic E-state index is 12.4. The van der Waals surface area contributed by atoms with Crippen LogP contribution in [-0.4, -0.2) is 21.9 Å². The third kappa shape index (κ3) is 4.88. The lowest BCUT2D eigenvalue weighted by atomic mass is 10.1. The fourth-order valence-corrected chi connectivity index (χ4v) is 2.64. The zero-order valence-corrected chi connectivity index (χ0v) is 15.4. The maximum Gasteiger partial charge on any atom is 0.336 e. The Labute approximate surface area is 169 Å². The summed E-state index contributed by atoms with van der Waals surface area (Å²) in [5.74, 6) is -0.990. The second kappa shape index (κ2) is 8.41. The molecule has 3 rings (SSSR count). The molecule has 0 aliphatic heterocycles. The van der Waals surface area contributed by atoms with Gasteiger partial charge in [0.2, 0.25) is 0 Å². The Morgan fingerprint density at radius 1 is 0.931 bits per heavy atom. The van der Waals surface area contributed by atoms with Gasteiger partial charge >= 0.3 is 5.97 Å². The highest BCUT2D eigenvalue weighted by Crippen LogP contribution is 2.25. The monoisotopic (exact) mass is 412 g/mol. The number of benzene rings is 3. The van der Waals surface area contributed by atoms with Gasteiger partial charge in [0, 0.05) is 22.8 Å². The molecule has 8 nitrogen and oxygen atoms in total. The number of ether oxygens (including phenoxy) is 1. The van der Waals surface area contributed by atoms with Crippen LogP contribution in [0.15, 0.2) is 66.7 Å². The van der Waals surface area contributed by atoms with Gasteiger partial charge < -0.3 is 15.2 Å². The van der Waals surface area contributed by atoms with Gasteiger partial charge in [-0.1, -0.05) is 11.6 Å². The molecular formula is C20H13ClN2O6. The molecule has 0 radical (unpaired) electrons. The average Bonchev–Trinajstić information content (AvgIpc) is 2.69. The minimum Gasteiger partial charge on any atom is -0.478 e. The number of nitrogens with zero attached hydrogens (tertiary/aromatic N) is 1. The van der Waals surface area contributed by atoms with E-state index < -0.39 is 16.8 Å². The smallest absolute Gasteiger partial charge is 0.336 e. The zero-order valence-electron chi connectivity index (χ0n) is 14.7. The number of anilines is 1. The SMILES string of the molecule is O=C(O)c1ccc(Cl)cc1C(=O)Nc1ccc(Oc2ccc([N+](=O)[O-])cc2)cc1. The van der Waals surface area contributed by atoms with E-state index in [1.54, 1.807) is 24.3 Å². The molecule has 2 N–H and O–H groups in total. The highest BCUT2D eigenvalue weighted by Gasteiger charge is 2.17. The van der Waals surface area contributed by atoms with Crippen molar-refractivity contribution in [3.63, 3.8) is 0 Å². The second-order valence-corrected chi connectivity index (χ2v) is 6.26. The topological polar surface area (TPSA) is 119 Å². The molecule has 29 heavy (non-hydrogen) atoms. The molecule has 3 aromatic rings. The van der Waals surface area contributed by atoms with Crippen molar-refractivity contribution in [3.8, 4) is 11.5 Å². The summed E-state index contributed by atoms with van der Waals surface area (Å²) >= 11 is 5.87. The molecule has 3 aromatic carbocycles. The normalized spacial score (nSPS) is 10.2. The molecule has 0 atom stereocenters. The van der Waals surface area contributed by atoms with E-state index in [0.29, 0.717) is 17.2 Å². The first-order valence-electron chi connectivity index (χ1n) is 8.20. The van der Waals surface area contributed by atoms with Crippen molar-refractivity contribution in [2.75, 3.05) is 5.32 Å². The Kier molecular flexibility index (Phi) is 5.75. The number of aromatic carboxylic acids is 1. The highest BCUT2D eigenvalue weighted by atomic mass is 35.5. The van der Waals surface area contributed by atoms with Crippen LogP contribution in [0.25, 0.3) is 0 Å². The van der Waals surface area contributed by atoms with E-state index >= 15 is 0 Å². The van der Waals surface area contributed by atoms with Crippen LogP contribution < -0.4 is 10.1 Å². The van der Waals surface area contributed by atoms with Crippen molar-refractivity contribution in [1.82, 2.24) is 0 Å². The number of carbonyl (C=O) groups is 2. The van der Waals surface area contributed by atoms with Crippen LogP contribution in [0.4, 0.5) is 11.4 Å². The third-order valence-electron chi connectivity index (χ3n) is 3.85. The van der Waals surface area contributed by atoms with Crippen LogP contribution in [0.3, 0.4) is 0 Å². The summed E-state index contributed by atoms with van der Waals surface area (Å²) < 4.78 is 5.59. The Morgan fingerprint density at radius 2 is 1.52 bits per heavy atom. The molecule has 0 aromatic heterocycles. The van der Waals surface area contributed by atoms with Gasteiger partial charge in [-0.3, -0.25) is 14.9 Å². The van der Waals surface area contributed by atoms with Crippen molar-refractivity contribution >= 4 is 34.9 Å². The number of hydrogen-bond acceptors (Lipinski definition) is 5. The fourth-order valence-electron chi connectivity index (χ4n) is 2.47.